The zero-order chi connectivity index (χ0) is 11.0. The minimum atomic E-state index is 0.0261. The number of rotatable bonds is 7. The monoisotopic (exact) mass is 200 g/mol. The van der Waals surface area contributed by atoms with E-state index in [4.69, 9.17) is 5.73 Å². The van der Waals surface area contributed by atoms with Gasteiger partial charge in [-0.2, -0.15) is 0 Å². The minimum absolute atomic E-state index is 0.0261. The van der Waals surface area contributed by atoms with Crippen molar-refractivity contribution < 1.29 is 4.79 Å². The van der Waals surface area contributed by atoms with Crippen LogP contribution in [-0.2, 0) is 4.79 Å². The molecule has 0 rings (SSSR count). The summed E-state index contributed by atoms with van der Waals surface area (Å²) in [6, 6.07) is 0.0261. The molecule has 0 aliphatic carbocycles. The van der Waals surface area contributed by atoms with Gasteiger partial charge in [0.05, 0.1) is 0 Å². The van der Waals surface area contributed by atoms with Gasteiger partial charge in [0.25, 0.3) is 0 Å². The zero-order valence-electron chi connectivity index (χ0n) is 9.75. The van der Waals surface area contributed by atoms with Crippen LogP contribution in [0.15, 0.2) is 0 Å². The SMILES string of the molecule is CCCCN(CC)C(=O)CC(N)CC. The first-order valence-corrected chi connectivity index (χ1v) is 5.68. The van der Waals surface area contributed by atoms with Crippen LogP contribution in [0, 0.1) is 0 Å². The molecule has 1 unspecified atom stereocenters. The van der Waals surface area contributed by atoms with Gasteiger partial charge in [0, 0.05) is 25.6 Å². The third-order valence-corrected chi connectivity index (χ3v) is 2.48. The van der Waals surface area contributed by atoms with Crippen molar-refractivity contribution in [3.8, 4) is 0 Å². The minimum Gasteiger partial charge on any atom is -0.343 e. The number of unbranched alkanes of at least 4 members (excludes halogenated alkanes) is 1. The Balaban J connectivity index is 3.90. The molecule has 0 aliphatic heterocycles. The van der Waals surface area contributed by atoms with Crippen LogP contribution in [0.5, 0.6) is 0 Å². The Bertz CT molecular complexity index is 159. The summed E-state index contributed by atoms with van der Waals surface area (Å²) in [6.07, 6.45) is 3.58. The summed E-state index contributed by atoms with van der Waals surface area (Å²) in [5.41, 5.74) is 5.75. The Morgan fingerprint density at radius 3 is 2.43 bits per heavy atom. The Morgan fingerprint density at radius 2 is 2.00 bits per heavy atom. The fourth-order valence-electron chi connectivity index (χ4n) is 1.31. The van der Waals surface area contributed by atoms with Crippen molar-refractivity contribution in [2.24, 2.45) is 5.73 Å². The fraction of sp³-hybridized carbons (Fsp3) is 0.909. The third-order valence-electron chi connectivity index (χ3n) is 2.48. The summed E-state index contributed by atoms with van der Waals surface area (Å²) in [5.74, 6) is 0.204. The van der Waals surface area contributed by atoms with Gasteiger partial charge in [-0.1, -0.05) is 20.3 Å². The van der Waals surface area contributed by atoms with E-state index in [1.165, 1.54) is 0 Å². The lowest BCUT2D eigenvalue weighted by atomic mass is 10.1. The van der Waals surface area contributed by atoms with E-state index in [9.17, 15) is 4.79 Å². The maximum absolute atomic E-state index is 11.7. The molecule has 3 nitrogen and oxygen atoms in total. The Morgan fingerprint density at radius 1 is 1.36 bits per heavy atom. The van der Waals surface area contributed by atoms with Crippen LogP contribution in [0.1, 0.15) is 46.5 Å². The molecule has 0 radical (unpaired) electrons. The molecular weight excluding hydrogens is 176 g/mol. The highest BCUT2D eigenvalue weighted by Gasteiger charge is 2.13. The Kier molecular flexibility index (Phi) is 7.48. The first-order valence-electron chi connectivity index (χ1n) is 5.68. The van der Waals surface area contributed by atoms with E-state index >= 15 is 0 Å². The van der Waals surface area contributed by atoms with Crippen molar-refractivity contribution in [3.05, 3.63) is 0 Å². The maximum Gasteiger partial charge on any atom is 0.224 e. The van der Waals surface area contributed by atoms with E-state index in [2.05, 4.69) is 6.92 Å². The van der Waals surface area contributed by atoms with Crippen LogP contribution < -0.4 is 5.73 Å². The molecule has 0 saturated carbocycles. The second kappa shape index (κ2) is 7.80. The van der Waals surface area contributed by atoms with E-state index in [-0.39, 0.29) is 11.9 Å². The predicted molar refractivity (Wildman–Crippen MR) is 60.0 cm³/mol. The van der Waals surface area contributed by atoms with Gasteiger partial charge in [-0.3, -0.25) is 4.79 Å². The Hall–Kier alpha value is -0.570. The molecule has 0 spiro atoms. The molecule has 0 bridgehead atoms. The molecule has 3 heteroatoms. The molecule has 1 amide bonds. The smallest absolute Gasteiger partial charge is 0.224 e. The molecular formula is C11H24N2O. The predicted octanol–water partition coefficient (Wildman–Crippen LogP) is 1.76. The van der Waals surface area contributed by atoms with Crippen LogP contribution in [0.4, 0.5) is 0 Å². The van der Waals surface area contributed by atoms with Crippen molar-refractivity contribution in [1.29, 1.82) is 0 Å². The number of amides is 1. The molecule has 1 atom stereocenters. The van der Waals surface area contributed by atoms with E-state index < -0.39 is 0 Å². The average Bonchev–Trinajstić information content (AvgIpc) is 2.18. The second-order valence-electron chi connectivity index (χ2n) is 3.70. The molecule has 0 aromatic heterocycles. The normalized spacial score (nSPS) is 12.6. The number of carbonyl (C=O) groups is 1. The van der Waals surface area contributed by atoms with Crippen LogP contribution in [0.25, 0.3) is 0 Å². The molecule has 0 aromatic rings. The molecule has 0 aromatic carbocycles. The van der Waals surface area contributed by atoms with Crippen molar-refractivity contribution in [2.45, 2.75) is 52.5 Å². The summed E-state index contributed by atoms with van der Waals surface area (Å²) < 4.78 is 0. The highest BCUT2D eigenvalue weighted by molar-refractivity contribution is 5.76. The molecule has 0 aliphatic rings. The molecule has 84 valence electrons. The van der Waals surface area contributed by atoms with Gasteiger partial charge < -0.3 is 10.6 Å². The highest BCUT2D eigenvalue weighted by atomic mass is 16.2. The number of hydrogen-bond acceptors (Lipinski definition) is 2. The lowest BCUT2D eigenvalue weighted by Crippen LogP contribution is -2.36. The van der Waals surface area contributed by atoms with Crippen molar-refractivity contribution in [3.63, 3.8) is 0 Å². The van der Waals surface area contributed by atoms with E-state index in [1.54, 1.807) is 0 Å². The number of hydrogen-bond donors (Lipinski definition) is 1. The Labute approximate surface area is 87.6 Å². The van der Waals surface area contributed by atoms with Crippen LogP contribution >= 0.6 is 0 Å². The molecule has 0 heterocycles. The van der Waals surface area contributed by atoms with E-state index in [0.717, 1.165) is 32.4 Å². The highest BCUT2D eigenvalue weighted by Crippen LogP contribution is 2.02. The molecule has 2 N–H and O–H groups in total. The third kappa shape index (κ3) is 5.22. The van der Waals surface area contributed by atoms with Gasteiger partial charge in [0.1, 0.15) is 0 Å². The quantitative estimate of drug-likeness (QED) is 0.680. The van der Waals surface area contributed by atoms with Crippen LogP contribution in [0.2, 0.25) is 0 Å². The zero-order valence-corrected chi connectivity index (χ0v) is 9.75. The van der Waals surface area contributed by atoms with Gasteiger partial charge in [0.15, 0.2) is 0 Å². The molecule has 0 saturated heterocycles. The van der Waals surface area contributed by atoms with Gasteiger partial charge in [0.2, 0.25) is 5.91 Å². The first-order chi connectivity index (χ1) is 6.65. The summed E-state index contributed by atoms with van der Waals surface area (Å²) in [6.45, 7) is 7.85. The molecule has 0 fully saturated rings. The largest absolute Gasteiger partial charge is 0.343 e. The number of nitrogens with two attached hydrogens (primary N) is 1. The van der Waals surface area contributed by atoms with Crippen molar-refractivity contribution in [1.82, 2.24) is 4.90 Å². The van der Waals surface area contributed by atoms with Crippen LogP contribution in [0.3, 0.4) is 0 Å². The topological polar surface area (TPSA) is 46.3 Å². The lowest BCUT2D eigenvalue weighted by molar-refractivity contribution is -0.131. The van der Waals surface area contributed by atoms with Gasteiger partial charge in [-0.15, -0.1) is 0 Å². The first kappa shape index (κ1) is 13.4. The fourth-order valence-corrected chi connectivity index (χ4v) is 1.31. The van der Waals surface area contributed by atoms with Gasteiger partial charge in [-0.05, 0) is 19.8 Å². The summed E-state index contributed by atoms with van der Waals surface area (Å²) in [5, 5.41) is 0. The van der Waals surface area contributed by atoms with E-state index in [1.807, 2.05) is 18.7 Å². The number of carbonyl (C=O) groups excluding carboxylic acids is 1. The molecule has 14 heavy (non-hydrogen) atoms. The standard InChI is InChI=1S/C11H24N2O/c1-4-7-8-13(6-3)11(14)9-10(12)5-2/h10H,4-9,12H2,1-3H3. The van der Waals surface area contributed by atoms with E-state index in [0.29, 0.717) is 6.42 Å². The summed E-state index contributed by atoms with van der Waals surface area (Å²) in [7, 11) is 0. The number of nitrogens with zero attached hydrogens (tertiary/aromatic N) is 1. The van der Waals surface area contributed by atoms with Crippen molar-refractivity contribution >= 4 is 5.91 Å². The second-order valence-corrected chi connectivity index (χ2v) is 3.70. The van der Waals surface area contributed by atoms with Crippen LogP contribution in [-0.4, -0.2) is 29.9 Å². The van der Waals surface area contributed by atoms with Crippen molar-refractivity contribution in [2.75, 3.05) is 13.1 Å². The lowest BCUT2D eigenvalue weighted by Gasteiger charge is -2.22. The van der Waals surface area contributed by atoms with Gasteiger partial charge in [-0.25, -0.2) is 0 Å². The maximum atomic E-state index is 11.7. The summed E-state index contributed by atoms with van der Waals surface area (Å²) >= 11 is 0. The summed E-state index contributed by atoms with van der Waals surface area (Å²) in [4.78, 5) is 13.6. The van der Waals surface area contributed by atoms with Gasteiger partial charge >= 0.3 is 0 Å². The average molecular weight is 200 g/mol.